The maximum Gasteiger partial charge on any atom is 0.305 e. The van der Waals surface area contributed by atoms with E-state index in [0.29, 0.717) is 0 Å². The van der Waals surface area contributed by atoms with Gasteiger partial charge in [-0.3, -0.25) is 9.69 Å². The molecule has 0 aromatic heterocycles. The van der Waals surface area contributed by atoms with Crippen molar-refractivity contribution in [2.45, 2.75) is 38.6 Å². The zero-order chi connectivity index (χ0) is 13.7. The van der Waals surface area contributed by atoms with Gasteiger partial charge in [-0.2, -0.15) is 0 Å². The molecular weight excluding hydrogens is 238 g/mol. The molecule has 1 fully saturated rings. The molecule has 0 radical (unpaired) electrons. The van der Waals surface area contributed by atoms with Crippen LogP contribution in [0, 0.1) is 5.92 Å². The van der Waals surface area contributed by atoms with Crippen molar-refractivity contribution in [3.8, 4) is 0 Å². The van der Waals surface area contributed by atoms with E-state index in [9.17, 15) is 9.90 Å². The van der Waals surface area contributed by atoms with Gasteiger partial charge in [0.25, 0.3) is 0 Å². The third-order valence-corrected chi connectivity index (χ3v) is 4.04. The predicted molar refractivity (Wildman–Crippen MR) is 76.0 cm³/mol. The van der Waals surface area contributed by atoms with E-state index >= 15 is 0 Å². The summed E-state index contributed by atoms with van der Waals surface area (Å²) in [4.78, 5) is 13.5. The number of carboxylic acid groups (broad SMARTS) is 1. The zero-order valence-electron chi connectivity index (χ0n) is 11.6. The molecule has 1 aliphatic heterocycles. The molecule has 1 aromatic carbocycles. The van der Waals surface area contributed by atoms with Crippen molar-refractivity contribution in [2.75, 3.05) is 13.1 Å². The van der Waals surface area contributed by atoms with E-state index in [1.165, 1.54) is 19.3 Å². The molecule has 0 aliphatic carbocycles. The topological polar surface area (TPSA) is 40.5 Å². The van der Waals surface area contributed by atoms with Gasteiger partial charge in [0, 0.05) is 6.04 Å². The molecule has 1 N–H and O–H groups in total. The number of carbonyl (C=O) groups is 1. The number of rotatable bonds is 4. The third-order valence-electron chi connectivity index (χ3n) is 4.04. The van der Waals surface area contributed by atoms with Gasteiger partial charge in [0.05, 0.1) is 6.42 Å². The van der Waals surface area contributed by atoms with E-state index in [2.05, 4.69) is 11.8 Å². The molecule has 2 atom stereocenters. The molecule has 2 rings (SSSR count). The summed E-state index contributed by atoms with van der Waals surface area (Å²) >= 11 is 0. The molecule has 1 aromatic rings. The lowest BCUT2D eigenvalue weighted by Crippen LogP contribution is -2.31. The van der Waals surface area contributed by atoms with Gasteiger partial charge in [-0.15, -0.1) is 0 Å². The number of hydrogen-bond donors (Lipinski definition) is 1. The third kappa shape index (κ3) is 4.06. The van der Waals surface area contributed by atoms with E-state index in [0.717, 1.165) is 24.6 Å². The van der Waals surface area contributed by atoms with Crippen LogP contribution < -0.4 is 0 Å². The number of benzene rings is 1. The van der Waals surface area contributed by atoms with E-state index < -0.39 is 5.97 Å². The van der Waals surface area contributed by atoms with Crippen molar-refractivity contribution < 1.29 is 9.90 Å². The molecule has 1 heterocycles. The van der Waals surface area contributed by atoms with E-state index in [-0.39, 0.29) is 12.5 Å². The second-order valence-electron chi connectivity index (χ2n) is 5.60. The second-order valence-corrected chi connectivity index (χ2v) is 5.60. The first-order valence-corrected chi connectivity index (χ1v) is 7.17. The first kappa shape index (κ1) is 14.1. The minimum absolute atomic E-state index is 0.0176. The minimum Gasteiger partial charge on any atom is -0.481 e. The molecule has 0 spiro atoms. The molecule has 0 amide bonds. The van der Waals surface area contributed by atoms with Gasteiger partial charge in [0.1, 0.15) is 0 Å². The number of aliphatic carboxylic acids is 1. The van der Waals surface area contributed by atoms with Gasteiger partial charge < -0.3 is 5.11 Å². The Hall–Kier alpha value is -1.35. The van der Waals surface area contributed by atoms with Gasteiger partial charge in [0.2, 0.25) is 0 Å². The van der Waals surface area contributed by atoms with E-state index in [1.54, 1.807) is 0 Å². The van der Waals surface area contributed by atoms with Crippen molar-refractivity contribution in [3.63, 3.8) is 0 Å². The summed E-state index contributed by atoms with van der Waals surface area (Å²) in [5.74, 6) is 0.0393. The highest BCUT2D eigenvalue weighted by Crippen LogP contribution is 2.28. The summed E-state index contributed by atoms with van der Waals surface area (Å²) in [6.07, 6.45) is 3.79. The lowest BCUT2D eigenvalue weighted by Gasteiger charge is -2.30. The lowest BCUT2D eigenvalue weighted by molar-refractivity contribution is -0.138. The Bertz CT molecular complexity index is 404. The average Bonchev–Trinajstić information content (AvgIpc) is 2.62. The zero-order valence-corrected chi connectivity index (χ0v) is 11.6. The number of likely N-dealkylation sites (tertiary alicyclic amines) is 1. The fraction of sp³-hybridized carbons (Fsp3) is 0.562. The lowest BCUT2D eigenvalue weighted by atomic mass is 10.0. The second kappa shape index (κ2) is 6.71. The smallest absolute Gasteiger partial charge is 0.305 e. The van der Waals surface area contributed by atoms with Crippen LogP contribution in [-0.4, -0.2) is 29.1 Å². The summed E-state index contributed by atoms with van der Waals surface area (Å²) in [5.41, 5.74) is 1.12. The van der Waals surface area contributed by atoms with Gasteiger partial charge in [-0.25, -0.2) is 0 Å². The largest absolute Gasteiger partial charge is 0.481 e. The Morgan fingerprint density at radius 3 is 2.74 bits per heavy atom. The molecule has 0 bridgehead atoms. The van der Waals surface area contributed by atoms with Crippen LogP contribution in [-0.2, 0) is 4.79 Å². The first-order valence-electron chi connectivity index (χ1n) is 7.17. The Balaban J connectivity index is 2.15. The van der Waals surface area contributed by atoms with Crippen LogP contribution in [0.4, 0.5) is 0 Å². The van der Waals surface area contributed by atoms with E-state index in [1.807, 2.05) is 30.3 Å². The van der Waals surface area contributed by atoms with Crippen molar-refractivity contribution in [1.29, 1.82) is 0 Å². The van der Waals surface area contributed by atoms with Crippen molar-refractivity contribution in [1.82, 2.24) is 4.90 Å². The molecule has 2 unspecified atom stereocenters. The summed E-state index contributed by atoms with van der Waals surface area (Å²) < 4.78 is 0. The summed E-state index contributed by atoms with van der Waals surface area (Å²) in [6.45, 7) is 4.31. The summed E-state index contributed by atoms with van der Waals surface area (Å²) in [6, 6.07) is 10.1. The first-order chi connectivity index (χ1) is 9.16. The van der Waals surface area contributed by atoms with Crippen LogP contribution in [0.2, 0.25) is 0 Å². The van der Waals surface area contributed by atoms with Gasteiger partial charge in [-0.1, -0.05) is 37.3 Å². The number of carboxylic acids is 1. The van der Waals surface area contributed by atoms with Crippen LogP contribution in [0.25, 0.3) is 0 Å². The standard InChI is InChI=1S/C16H23NO2/c1-13-6-5-10-17(11-9-13)15(12-16(18)19)14-7-3-2-4-8-14/h2-4,7-8,13,15H,5-6,9-12H2,1H3,(H,18,19). The highest BCUT2D eigenvalue weighted by Gasteiger charge is 2.24. The highest BCUT2D eigenvalue weighted by molar-refractivity contribution is 5.67. The monoisotopic (exact) mass is 261 g/mol. The average molecular weight is 261 g/mol. The Labute approximate surface area is 115 Å². The fourth-order valence-electron chi connectivity index (χ4n) is 2.90. The quantitative estimate of drug-likeness (QED) is 0.903. The summed E-state index contributed by atoms with van der Waals surface area (Å²) in [7, 11) is 0. The SMILES string of the molecule is CC1CCCN(C(CC(=O)O)c2ccccc2)CC1. The fourth-order valence-corrected chi connectivity index (χ4v) is 2.90. The van der Waals surface area contributed by atoms with Gasteiger partial charge >= 0.3 is 5.97 Å². The van der Waals surface area contributed by atoms with Crippen LogP contribution in [0.1, 0.15) is 44.2 Å². The Morgan fingerprint density at radius 2 is 2.05 bits per heavy atom. The van der Waals surface area contributed by atoms with Gasteiger partial charge in [0.15, 0.2) is 0 Å². The number of hydrogen-bond acceptors (Lipinski definition) is 2. The highest BCUT2D eigenvalue weighted by atomic mass is 16.4. The maximum absolute atomic E-state index is 11.1. The van der Waals surface area contributed by atoms with Crippen molar-refractivity contribution in [2.24, 2.45) is 5.92 Å². The van der Waals surface area contributed by atoms with Crippen LogP contribution in [0.3, 0.4) is 0 Å². The molecule has 3 nitrogen and oxygen atoms in total. The Morgan fingerprint density at radius 1 is 1.32 bits per heavy atom. The molecular formula is C16H23NO2. The molecule has 3 heteroatoms. The molecule has 104 valence electrons. The van der Waals surface area contributed by atoms with Crippen LogP contribution >= 0.6 is 0 Å². The molecule has 1 aliphatic rings. The molecule has 19 heavy (non-hydrogen) atoms. The summed E-state index contributed by atoms with van der Waals surface area (Å²) in [5, 5.41) is 9.17. The van der Waals surface area contributed by atoms with Gasteiger partial charge in [-0.05, 0) is 43.8 Å². The number of nitrogens with zero attached hydrogens (tertiary/aromatic N) is 1. The van der Waals surface area contributed by atoms with E-state index in [4.69, 9.17) is 0 Å². The predicted octanol–water partition coefficient (Wildman–Crippen LogP) is 3.32. The Kier molecular flexibility index (Phi) is 4.97. The minimum atomic E-state index is -0.717. The molecule has 1 saturated heterocycles. The van der Waals surface area contributed by atoms with Crippen molar-refractivity contribution in [3.05, 3.63) is 35.9 Å². The van der Waals surface area contributed by atoms with Crippen LogP contribution in [0.15, 0.2) is 30.3 Å². The normalized spacial score (nSPS) is 22.7. The van der Waals surface area contributed by atoms with Crippen LogP contribution in [0.5, 0.6) is 0 Å². The van der Waals surface area contributed by atoms with Crippen molar-refractivity contribution >= 4 is 5.97 Å². The molecule has 0 saturated carbocycles. The maximum atomic E-state index is 11.1.